The first kappa shape index (κ1) is 11.5. The van der Waals surface area contributed by atoms with Gasteiger partial charge in [-0.2, -0.15) is 0 Å². The number of benzene rings is 1. The highest BCUT2D eigenvalue weighted by Gasteiger charge is 2.10. The fraction of sp³-hybridized carbons (Fsp3) is 0.182. The van der Waals surface area contributed by atoms with Crippen molar-refractivity contribution in [3.05, 3.63) is 40.4 Å². The van der Waals surface area contributed by atoms with Crippen LogP contribution in [0.4, 0.5) is 0 Å². The van der Waals surface area contributed by atoms with Crippen molar-refractivity contribution in [2.24, 2.45) is 5.73 Å². The minimum absolute atomic E-state index is 0.184. The van der Waals surface area contributed by atoms with Crippen LogP contribution in [0.1, 0.15) is 11.8 Å². The van der Waals surface area contributed by atoms with Gasteiger partial charge in [0.1, 0.15) is 11.1 Å². The first-order chi connectivity index (χ1) is 7.70. The molecule has 0 saturated carbocycles. The first-order valence-corrected chi connectivity index (χ1v) is 6.06. The second-order valence-electron chi connectivity index (χ2n) is 3.34. The van der Waals surface area contributed by atoms with E-state index in [2.05, 4.69) is 4.98 Å². The molecule has 1 aromatic heterocycles. The molecular weight excluding hydrogens is 244 g/mol. The number of aromatic nitrogens is 1. The molecule has 0 aliphatic carbocycles. The summed E-state index contributed by atoms with van der Waals surface area (Å²) in [6.07, 6.45) is -0.683. The van der Waals surface area contributed by atoms with E-state index in [9.17, 15) is 5.11 Å². The smallest absolute Gasteiger partial charge is 0.123 e. The Morgan fingerprint density at radius 3 is 2.69 bits per heavy atom. The van der Waals surface area contributed by atoms with Crippen molar-refractivity contribution in [1.82, 2.24) is 4.98 Å². The Morgan fingerprint density at radius 1 is 1.38 bits per heavy atom. The summed E-state index contributed by atoms with van der Waals surface area (Å²) in [6.45, 7) is 0.184. The molecule has 0 bridgehead atoms. The van der Waals surface area contributed by atoms with E-state index in [-0.39, 0.29) is 6.54 Å². The van der Waals surface area contributed by atoms with Crippen LogP contribution < -0.4 is 5.73 Å². The van der Waals surface area contributed by atoms with Crippen molar-refractivity contribution in [2.75, 3.05) is 6.54 Å². The maximum absolute atomic E-state index is 9.53. The normalized spacial score (nSPS) is 12.7. The van der Waals surface area contributed by atoms with Gasteiger partial charge in [-0.15, -0.1) is 11.3 Å². The Labute approximate surface area is 103 Å². The highest BCUT2D eigenvalue weighted by molar-refractivity contribution is 7.13. The Balaban J connectivity index is 2.28. The number of rotatable bonds is 3. The van der Waals surface area contributed by atoms with Crippen LogP contribution in [0.3, 0.4) is 0 Å². The molecule has 84 valence electrons. The minimum Gasteiger partial charge on any atom is -0.385 e. The third-order valence-electron chi connectivity index (χ3n) is 2.18. The molecule has 0 aliphatic heterocycles. The monoisotopic (exact) mass is 254 g/mol. The number of aliphatic hydroxyl groups excluding tert-OH is 1. The molecule has 1 unspecified atom stereocenters. The van der Waals surface area contributed by atoms with Gasteiger partial charge < -0.3 is 10.8 Å². The van der Waals surface area contributed by atoms with E-state index >= 15 is 0 Å². The number of halogens is 1. The zero-order valence-corrected chi connectivity index (χ0v) is 10.0. The lowest BCUT2D eigenvalue weighted by Gasteiger charge is -2.01. The lowest BCUT2D eigenvalue weighted by molar-refractivity contribution is 0.182. The third-order valence-corrected chi connectivity index (χ3v) is 3.34. The van der Waals surface area contributed by atoms with Crippen LogP contribution in [-0.4, -0.2) is 16.6 Å². The van der Waals surface area contributed by atoms with E-state index in [1.807, 2.05) is 29.6 Å². The molecule has 3 nitrogen and oxygen atoms in total. The van der Waals surface area contributed by atoms with Gasteiger partial charge in [-0.25, -0.2) is 4.98 Å². The molecule has 0 saturated heterocycles. The van der Waals surface area contributed by atoms with Crippen molar-refractivity contribution < 1.29 is 5.11 Å². The van der Waals surface area contributed by atoms with E-state index in [1.54, 1.807) is 0 Å². The number of hydrogen-bond donors (Lipinski definition) is 2. The van der Waals surface area contributed by atoms with Crippen molar-refractivity contribution in [2.45, 2.75) is 6.10 Å². The van der Waals surface area contributed by atoms with Crippen LogP contribution in [0.15, 0.2) is 29.6 Å². The van der Waals surface area contributed by atoms with Gasteiger partial charge in [0.2, 0.25) is 0 Å². The van der Waals surface area contributed by atoms with Gasteiger partial charge in [0.15, 0.2) is 0 Å². The lowest BCUT2D eigenvalue weighted by Crippen LogP contribution is -2.11. The maximum atomic E-state index is 9.53. The van der Waals surface area contributed by atoms with Crippen LogP contribution in [0.25, 0.3) is 10.6 Å². The van der Waals surface area contributed by atoms with Crippen LogP contribution in [-0.2, 0) is 0 Å². The topological polar surface area (TPSA) is 59.1 Å². The second kappa shape index (κ2) is 4.93. The molecule has 5 heteroatoms. The SMILES string of the molecule is NCC(O)c1csc(-c2ccc(Cl)cc2)n1. The Morgan fingerprint density at radius 2 is 2.06 bits per heavy atom. The summed E-state index contributed by atoms with van der Waals surface area (Å²) in [5.74, 6) is 0. The number of hydrogen-bond acceptors (Lipinski definition) is 4. The standard InChI is InChI=1S/C11H11ClN2OS/c12-8-3-1-7(2-4-8)11-14-9(6-16-11)10(15)5-13/h1-4,6,10,15H,5,13H2. The van der Waals surface area contributed by atoms with Gasteiger partial charge in [0.05, 0.1) is 5.69 Å². The summed E-state index contributed by atoms with van der Waals surface area (Å²) in [6, 6.07) is 7.44. The van der Waals surface area contributed by atoms with E-state index in [1.165, 1.54) is 11.3 Å². The zero-order chi connectivity index (χ0) is 11.5. The number of nitrogens with two attached hydrogens (primary N) is 1. The van der Waals surface area contributed by atoms with Crippen molar-refractivity contribution >= 4 is 22.9 Å². The van der Waals surface area contributed by atoms with E-state index in [0.717, 1.165) is 10.6 Å². The second-order valence-corrected chi connectivity index (χ2v) is 4.63. The molecule has 1 heterocycles. The van der Waals surface area contributed by atoms with E-state index < -0.39 is 6.10 Å². The predicted octanol–water partition coefficient (Wildman–Crippen LogP) is 2.46. The molecule has 2 rings (SSSR count). The number of thiazole rings is 1. The van der Waals surface area contributed by atoms with Crippen LogP contribution in [0.2, 0.25) is 5.02 Å². The van der Waals surface area contributed by atoms with E-state index in [4.69, 9.17) is 17.3 Å². The fourth-order valence-corrected chi connectivity index (χ4v) is 2.28. The van der Waals surface area contributed by atoms with Crippen molar-refractivity contribution in [1.29, 1.82) is 0 Å². The average Bonchev–Trinajstić information content (AvgIpc) is 2.78. The molecule has 1 aromatic carbocycles. The maximum Gasteiger partial charge on any atom is 0.123 e. The van der Waals surface area contributed by atoms with Gasteiger partial charge >= 0.3 is 0 Å². The third kappa shape index (κ3) is 2.41. The molecule has 16 heavy (non-hydrogen) atoms. The van der Waals surface area contributed by atoms with Crippen LogP contribution in [0.5, 0.6) is 0 Å². The van der Waals surface area contributed by atoms with Crippen molar-refractivity contribution in [3.63, 3.8) is 0 Å². The highest BCUT2D eigenvalue weighted by Crippen LogP contribution is 2.26. The molecule has 0 amide bonds. The average molecular weight is 255 g/mol. The summed E-state index contributed by atoms with van der Waals surface area (Å²) >= 11 is 7.29. The Kier molecular flexibility index (Phi) is 3.56. The molecule has 0 fully saturated rings. The first-order valence-electron chi connectivity index (χ1n) is 4.80. The predicted molar refractivity (Wildman–Crippen MR) is 66.6 cm³/mol. The van der Waals surface area contributed by atoms with Gasteiger partial charge in [-0.3, -0.25) is 0 Å². The summed E-state index contributed by atoms with van der Waals surface area (Å²) in [7, 11) is 0. The fourth-order valence-electron chi connectivity index (χ4n) is 1.29. The van der Waals surface area contributed by atoms with E-state index in [0.29, 0.717) is 10.7 Å². The summed E-state index contributed by atoms with van der Waals surface area (Å²) in [5, 5.41) is 12.9. The lowest BCUT2D eigenvalue weighted by atomic mass is 10.2. The minimum atomic E-state index is -0.683. The summed E-state index contributed by atoms with van der Waals surface area (Å²) in [4.78, 5) is 4.33. The van der Waals surface area contributed by atoms with Gasteiger partial charge in [0, 0.05) is 22.5 Å². The number of aliphatic hydroxyl groups is 1. The zero-order valence-electron chi connectivity index (χ0n) is 8.43. The van der Waals surface area contributed by atoms with Crippen molar-refractivity contribution in [3.8, 4) is 10.6 Å². The van der Waals surface area contributed by atoms with Gasteiger partial charge in [-0.05, 0) is 12.1 Å². The quantitative estimate of drug-likeness (QED) is 0.885. The summed E-state index contributed by atoms with van der Waals surface area (Å²) < 4.78 is 0. The molecule has 0 spiro atoms. The largest absolute Gasteiger partial charge is 0.385 e. The molecule has 0 aliphatic rings. The molecule has 3 N–H and O–H groups in total. The molecule has 2 aromatic rings. The van der Waals surface area contributed by atoms with Gasteiger partial charge in [-0.1, -0.05) is 23.7 Å². The summed E-state index contributed by atoms with van der Waals surface area (Å²) in [5.41, 5.74) is 6.98. The van der Waals surface area contributed by atoms with Crippen LogP contribution >= 0.6 is 22.9 Å². The molecule has 0 radical (unpaired) electrons. The Hall–Kier alpha value is -0.940. The van der Waals surface area contributed by atoms with Gasteiger partial charge in [0.25, 0.3) is 0 Å². The highest BCUT2D eigenvalue weighted by atomic mass is 35.5. The molecule has 1 atom stereocenters. The molecular formula is C11H11ClN2OS. The number of nitrogens with zero attached hydrogens (tertiary/aromatic N) is 1. The Bertz CT molecular complexity index is 469. The van der Waals surface area contributed by atoms with Crippen LogP contribution in [0, 0.1) is 0 Å².